The van der Waals surface area contributed by atoms with Gasteiger partial charge in [0.1, 0.15) is 0 Å². The number of nitrogens with zero attached hydrogens (tertiary/aromatic N) is 1. The Hall–Kier alpha value is -0.540. The number of piperidine rings is 1. The highest BCUT2D eigenvalue weighted by atomic mass is 16.5. The number of hydrogen-bond donors (Lipinski definition) is 1. The third kappa shape index (κ3) is 2.19. The summed E-state index contributed by atoms with van der Waals surface area (Å²) in [6.07, 6.45) is 9.96. The fourth-order valence-electron chi connectivity index (χ4n) is 4.26. The van der Waals surface area contributed by atoms with Crippen LogP contribution in [-0.2, 0) is 4.74 Å². The first kappa shape index (κ1) is 12.5. The first-order valence-electron chi connectivity index (χ1n) is 7.49. The molecule has 2 saturated heterocycles. The van der Waals surface area contributed by atoms with Crippen LogP contribution in [0.4, 0.5) is 0 Å². The van der Waals surface area contributed by atoms with Crippen molar-refractivity contribution in [3.8, 4) is 0 Å². The molecule has 0 saturated carbocycles. The molecule has 0 aromatic rings. The zero-order chi connectivity index (χ0) is 12.5. The molecule has 3 aliphatic rings. The van der Waals surface area contributed by atoms with E-state index in [9.17, 15) is 0 Å². The van der Waals surface area contributed by atoms with Crippen LogP contribution >= 0.6 is 0 Å². The minimum Gasteiger partial charge on any atom is -0.501 e. The summed E-state index contributed by atoms with van der Waals surface area (Å²) in [5, 5.41) is 3.56. The molecule has 3 unspecified atom stereocenters. The summed E-state index contributed by atoms with van der Waals surface area (Å²) < 4.78 is 5.53. The van der Waals surface area contributed by atoms with Crippen molar-refractivity contribution in [2.75, 3.05) is 20.7 Å². The minimum absolute atomic E-state index is 0.544. The van der Waals surface area contributed by atoms with Gasteiger partial charge in [-0.3, -0.25) is 0 Å². The molecule has 3 aliphatic heterocycles. The average molecular weight is 250 g/mol. The van der Waals surface area contributed by atoms with Crippen molar-refractivity contribution in [2.24, 2.45) is 5.92 Å². The quantitative estimate of drug-likeness (QED) is 0.830. The summed E-state index contributed by atoms with van der Waals surface area (Å²) in [4.78, 5) is 2.62. The van der Waals surface area contributed by atoms with Crippen LogP contribution in [0, 0.1) is 5.92 Å². The van der Waals surface area contributed by atoms with Gasteiger partial charge in [-0.2, -0.15) is 0 Å². The summed E-state index contributed by atoms with van der Waals surface area (Å²) in [6.45, 7) is 0.901. The molecule has 0 amide bonds. The standard InChI is InChI=1S/C15H26N2O/c1-16-15(11-4-3-7-18-10-11)12-8-13-5-6-14(9-12)17(13)2/h10,12-16H,3-9H2,1-2H3. The van der Waals surface area contributed by atoms with Crippen LogP contribution in [0.15, 0.2) is 11.8 Å². The highest BCUT2D eigenvalue weighted by Gasteiger charge is 2.41. The van der Waals surface area contributed by atoms with E-state index in [2.05, 4.69) is 24.3 Å². The molecule has 3 nitrogen and oxygen atoms in total. The first-order valence-corrected chi connectivity index (χ1v) is 7.49. The Balaban J connectivity index is 1.71. The third-order valence-electron chi connectivity index (χ3n) is 5.28. The van der Waals surface area contributed by atoms with E-state index in [0.717, 1.165) is 24.6 Å². The molecule has 3 heterocycles. The van der Waals surface area contributed by atoms with Crippen molar-refractivity contribution in [1.29, 1.82) is 0 Å². The summed E-state index contributed by atoms with van der Waals surface area (Å²) in [6, 6.07) is 2.20. The molecule has 1 N–H and O–H groups in total. The van der Waals surface area contributed by atoms with Gasteiger partial charge in [0.15, 0.2) is 0 Å². The highest BCUT2D eigenvalue weighted by Crippen LogP contribution is 2.40. The van der Waals surface area contributed by atoms with Gasteiger partial charge in [0.05, 0.1) is 12.9 Å². The monoisotopic (exact) mass is 250 g/mol. The Morgan fingerprint density at radius 3 is 2.61 bits per heavy atom. The zero-order valence-corrected chi connectivity index (χ0v) is 11.7. The molecule has 0 aromatic heterocycles. The Morgan fingerprint density at radius 2 is 2.06 bits per heavy atom. The Bertz CT molecular complexity index is 314. The second-order valence-electron chi connectivity index (χ2n) is 6.22. The van der Waals surface area contributed by atoms with Crippen LogP contribution < -0.4 is 5.32 Å². The van der Waals surface area contributed by atoms with Gasteiger partial charge in [0, 0.05) is 18.1 Å². The van der Waals surface area contributed by atoms with Crippen LogP contribution in [0.3, 0.4) is 0 Å². The number of likely N-dealkylation sites (N-methyl/N-ethyl adjacent to an activating group) is 1. The molecule has 3 rings (SSSR count). The molecular formula is C15H26N2O. The zero-order valence-electron chi connectivity index (χ0n) is 11.7. The molecular weight excluding hydrogens is 224 g/mol. The lowest BCUT2D eigenvalue weighted by molar-refractivity contribution is 0.116. The van der Waals surface area contributed by atoms with Crippen LogP contribution in [0.1, 0.15) is 38.5 Å². The van der Waals surface area contributed by atoms with E-state index in [1.807, 2.05) is 6.26 Å². The van der Waals surface area contributed by atoms with Crippen molar-refractivity contribution in [3.05, 3.63) is 11.8 Å². The van der Waals surface area contributed by atoms with Gasteiger partial charge in [0.25, 0.3) is 0 Å². The van der Waals surface area contributed by atoms with Gasteiger partial charge in [0.2, 0.25) is 0 Å². The lowest BCUT2D eigenvalue weighted by Crippen LogP contribution is -2.47. The van der Waals surface area contributed by atoms with Crippen molar-refractivity contribution in [1.82, 2.24) is 10.2 Å². The van der Waals surface area contributed by atoms with E-state index < -0.39 is 0 Å². The summed E-state index contributed by atoms with van der Waals surface area (Å²) >= 11 is 0. The molecule has 3 atom stereocenters. The van der Waals surface area contributed by atoms with Crippen molar-refractivity contribution < 1.29 is 4.74 Å². The largest absolute Gasteiger partial charge is 0.501 e. The summed E-state index contributed by atoms with van der Waals surface area (Å²) in [7, 11) is 4.43. The predicted octanol–water partition coefficient (Wildman–Crippen LogP) is 2.14. The predicted molar refractivity (Wildman–Crippen MR) is 73.4 cm³/mol. The van der Waals surface area contributed by atoms with E-state index in [1.165, 1.54) is 44.1 Å². The van der Waals surface area contributed by atoms with Gasteiger partial charge in [-0.25, -0.2) is 0 Å². The van der Waals surface area contributed by atoms with E-state index in [-0.39, 0.29) is 0 Å². The van der Waals surface area contributed by atoms with E-state index in [4.69, 9.17) is 4.74 Å². The number of hydrogen-bond acceptors (Lipinski definition) is 3. The maximum absolute atomic E-state index is 5.53. The van der Waals surface area contributed by atoms with Crippen molar-refractivity contribution >= 4 is 0 Å². The molecule has 0 spiro atoms. The molecule has 102 valence electrons. The van der Waals surface area contributed by atoms with Crippen LogP contribution in [0.25, 0.3) is 0 Å². The summed E-state index contributed by atoms with van der Waals surface area (Å²) in [5.74, 6) is 0.802. The lowest BCUT2D eigenvalue weighted by Gasteiger charge is -2.40. The molecule has 3 heteroatoms. The SMILES string of the molecule is CNC(C1=COCCC1)C1CC2CCC(C1)N2C. The van der Waals surface area contributed by atoms with Crippen LogP contribution in [0.5, 0.6) is 0 Å². The molecule has 18 heavy (non-hydrogen) atoms. The fraction of sp³-hybridized carbons (Fsp3) is 0.867. The molecule has 0 aliphatic carbocycles. The molecule has 0 aromatic carbocycles. The Labute approximate surface area is 111 Å². The van der Waals surface area contributed by atoms with Gasteiger partial charge in [-0.1, -0.05) is 0 Å². The number of ether oxygens (including phenoxy) is 1. The number of nitrogens with one attached hydrogen (secondary N) is 1. The lowest BCUT2D eigenvalue weighted by atomic mass is 9.81. The van der Waals surface area contributed by atoms with Gasteiger partial charge >= 0.3 is 0 Å². The molecule has 2 fully saturated rings. The van der Waals surface area contributed by atoms with Crippen LogP contribution in [0.2, 0.25) is 0 Å². The fourth-order valence-corrected chi connectivity index (χ4v) is 4.26. The van der Waals surface area contributed by atoms with Gasteiger partial charge < -0.3 is 15.0 Å². The highest BCUT2D eigenvalue weighted by molar-refractivity contribution is 5.14. The third-order valence-corrected chi connectivity index (χ3v) is 5.28. The van der Waals surface area contributed by atoms with Gasteiger partial charge in [-0.15, -0.1) is 0 Å². The molecule has 2 bridgehead atoms. The number of rotatable bonds is 3. The van der Waals surface area contributed by atoms with E-state index in [0.29, 0.717) is 6.04 Å². The maximum atomic E-state index is 5.53. The van der Waals surface area contributed by atoms with Crippen LogP contribution in [-0.4, -0.2) is 43.7 Å². The smallest absolute Gasteiger partial charge is 0.0876 e. The summed E-state index contributed by atoms with van der Waals surface area (Å²) in [5.41, 5.74) is 1.50. The topological polar surface area (TPSA) is 24.5 Å². The Kier molecular flexibility index (Phi) is 3.62. The first-order chi connectivity index (χ1) is 8.79. The van der Waals surface area contributed by atoms with Crippen molar-refractivity contribution in [3.63, 3.8) is 0 Å². The van der Waals surface area contributed by atoms with Gasteiger partial charge in [-0.05, 0) is 64.1 Å². The maximum Gasteiger partial charge on any atom is 0.0876 e. The van der Waals surface area contributed by atoms with Crippen molar-refractivity contribution in [2.45, 2.75) is 56.7 Å². The minimum atomic E-state index is 0.544. The van der Waals surface area contributed by atoms with E-state index >= 15 is 0 Å². The Morgan fingerprint density at radius 1 is 1.33 bits per heavy atom. The molecule has 0 radical (unpaired) electrons. The second kappa shape index (κ2) is 5.22. The van der Waals surface area contributed by atoms with E-state index in [1.54, 1.807) is 0 Å². The second-order valence-corrected chi connectivity index (χ2v) is 6.22. The average Bonchev–Trinajstić information content (AvgIpc) is 2.64. The normalized spacial score (nSPS) is 38.1. The number of fused-ring (bicyclic) bond motifs is 2.